The number of nitrogens with one attached hydrogen (secondary N) is 2. The van der Waals surface area contributed by atoms with Crippen molar-refractivity contribution in [2.24, 2.45) is 4.99 Å². The topological polar surface area (TPSA) is 77.0 Å². The van der Waals surface area contributed by atoms with Gasteiger partial charge in [0.1, 0.15) is 12.7 Å². The maximum absolute atomic E-state index is 5.94. The van der Waals surface area contributed by atoms with E-state index in [0.29, 0.717) is 38.1 Å². The smallest absolute Gasteiger partial charge is 0.213 e. The van der Waals surface area contributed by atoms with Gasteiger partial charge in [-0.25, -0.2) is 4.98 Å². The van der Waals surface area contributed by atoms with Crippen molar-refractivity contribution in [1.29, 1.82) is 0 Å². The molecule has 0 saturated carbocycles. The Hall–Kier alpha value is -2.96. The summed E-state index contributed by atoms with van der Waals surface area (Å²) >= 11 is 0. The maximum Gasteiger partial charge on any atom is 0.213 e. The predicted molar refractivity (Wildman–Crippen MR) is 105 cm³/mol. The van der Waals surface area contributed by atoms with Crippen LogP contribution in [-0.2, 0) is 6.54 Å². The van der Waals surface area contributed by atoms with E-state index in [1.165, 1.54) is 0 Å². The zero-order valence-corrected chi connectivity index (χ0v) is 15.8. The van der Waals surface area contributed by atoms with E-state index in [9.17, 15) is 0 Å². The molecule has 1 aliphatic rings. The van der Waals surface area contributed by atoms with Gasteiger partial charge in [-0.1, -0.05) is 25.1 Å². The Morgan fingerprint density at radius 1 is 1.22 bits per heavy atom. The first-order chi connectivity index (χ1) is 13.3. The average molecular weight is 370 g/mol. The highest BCUT2D eigenvalue weighted by molar-refractivity contribution is 5.79. The Labute approximate surface area is 159 Å². The van der Waals surface area contributed by atoms with Crippen LogP contribution in [0.15, 0.2) is 47.6 Å². The van der Waals surface area contributed by atoms with Gasteiger partial charge in [0.25, 0.3) is 0 Å². The van der Waals surface area contributed by atoms with Crippen molar-refractivity contribution < 1.29 is 14.2 Å². The second-order valence-corrected chi connectivity index (χ2v) is 6.16. The molecule has 1 atom stereocenters. The lowest BCUT2D eigenvalue weighted by molar-refractivity contribution is 0.0936. The molecule has 0 radical (unpaired) electrons. The first-order valence-corrected chi connectivity index (χ1v) is 9.19. The Kier molecular flexibility index (Phi) is 6.73. The molecule has 0 saturated heterocycles. The second-order valence-electron chi connectivity index (χ2n) is 6.16. The molecule has 144 valence electrons. The van der Waals surface area contributed by atoms with Gasteiger partial charge >= 0.3 is 0 Å². The minimum absolute atomic E-state index is 0.0740. The molecule has 1 unspecified atom stereocenters. The molecule has 2 heterocycles. The number of guanidine groups is 1. The van der Waals surface area contributed by atoms with Crippen LogP contribution in [0.5, 0.6) is 17.4 Å². The lowest BCUT2D eigenvalue weighted by atomic mass is 10.2. The quantitative estimate of drug-likeness (QED) is 0.576. The summed E-state index contributed by atoms with van der Waals surface area (Å²) in [4.78, 5) is 8.54. The van der Waals surface area contributed by atoms with Gasteiger partial charge in [0.05, 0.1) is 13.2 Å². The summed E-state index contributed by atoms with van der Waals surface area (Å²) in [5.74, 6) is 2.91. The number of nitrogens with zero attached hydrogens (tertiary/aromatic N) is 2. The van der Waals surface area contributed by atoms with Gasteiger partial charge in [0.15, 0.2) is 17.5 Å². The van der Waals surface area contributed by atoms with Crippen molar-refractivity contribution in [3.05, 3.63) is 48.2 Å². The molecule has 0 fully saturated rings. The number of hydrogen-bond acceptors (Lipinski definition) is 5. The average Bonchev–Trinajstić information content (AvgIpc) is 2.73. The summed E-state index contributed by atoms with van der Waals surface area (Å²) in [6.07, 6.45) is 2.70. The first kappa shape index (κ1) is 18.8. The third kappa shape index (κ3) is 5.51. The van der Waals surface area contributed by atoms with E-state index in [1.807, 2.05) is 36.4 Å². The maximum atomic E-state index is 5.94. The number of hydrogen-bond donors (Lipinski definition) is 2. The zero-order valence-electron chi connectivity index (χ0n) is 15.8. The van der Waals surface area contributed by atoms with E-state index in [4.69, 9.17) is 14.2 Å². The highest BCUT2D eigenvalue weighted by Crippen LogP contribution is 2.30. The zero-order chi connectivity index (χ0) is 18.9. The molecule has 2 N–H and O–H groups in total. The third-order valence-corrected chi connectivity index (χ3v) is 4.00. The minimum atomic E-state index is -0.0740. The normalized spacial score (nSPS) is 15.9. The van der Waals surface area contributed by atoms with Crippen LogP contribution in [0, 0.1) is 0 Å². The molecule has 27 heavy (non-hydrogen) atoms. The van der Waals surface area contributed by atoms with E-state index in [1.54, 1.807) is 13.2 Å². The van der Waals surface area contributed by atoms with E-state index >= 15 is 0 Å². The molecule has 2 aromatic rings. The fourth-order valence-electron chi connectivity index (χ4n) is 2.59. The van der Waals surface area contributed by atoms with Crippen molar-refractivity contribution in [2.45, 2.75) is 26.0 Å². The van der Waals surface area contributed by atoms with Crippen LogP contribution in [0.25, 0.3) is 0 Å². The lowest BCUT2D eigenvalue weighted by Gasteiger charge is -2.27. The molecule has 0 amide bonds. The number of aromatic nitrogens is 1. The summed E-state index contributed by atoms with van der Waals surface area (Å²) in [7, 11) is 1.74. The highest BCUT2D eigenvalue weighted by atomic mass is 16.6. The predicted octanol–water partition coefficient (Wildman–Crippen LogP) is 2.38. The summed E-state index contributed by atoms with van der Waals surface area (Å²) in [6.45, 7) is 4.46. The van der Waals surface area contributed by atoms with Gasteiger partial charge in [-0.2, -0.15) is 0 Å². The van der Waals surface area contributed by atoms with Crippen LogP contribution >= 0.6 is 0 Å². The van der Waals surface area contributed by atoms with E-state index < -0.39 is 0 Å². The third-order valence-electron chi connectivity index (χ3n) is 4.00. The van der Waals surface area contributed by atoms with Crippen LogP contribution in [-0.4, -0.2) is 43.9 Å². The monoisotopic (exact) mass is 370 g/mol. The molecule has 0 bridgehead atoms. The molecule has 1 aromatic carbocycles. The van der Waals surface area contributed by atoms with Crippen LogP contribution in [0.4, 0.5) is 0 Å². The van der Waals surface area contributed by atoms with Crippen LogP contribution in [0.3, 0.4) is 0 Å². The first-order valence-electron chi connectivity index (χ1n) is 9.19. The van der Waals surface area contributed by atoms with E-state index in [0.717, 1.165) is 23.5 Å². The summed E-state index contributed by atoms with van der Waals surface area (Å²) in [6, 6.07) is 11.6. The molecular formula is C20H26N4O3. The summed E-state index contributed by atoms with van der Waals surface area (Å²) < 4.78 is 17.2. The Morgan fingerprint density at radius 3 is 2.81 bits per heavy atom. The number of fused-ring (bicyclic) bond motifs is 1. The number of ether oxygens (including phenoxy) is 3. The van der Waals surface area contributed by atoms with Gasteiger partial charge < -0.3 is 24.8 Å². The second kappa shape index (κ2) is 9.66. The molecule has 0 spiro atoms. The standard InChI is InChI=1S/C20H26N4O3/c1-3-10-25-19-9-8-15(11-22-19)12-23-20(21-2)24-13-16-14-26-17-6-4-5-7-18(17)27-16/h4-9,11,16H,3,10,12-14H2,1-2H3,(H2,21,23,24). The summed E-state index contributed by atoms with van der Waals surface area (Å²) in [5, 5.41) is 6.54. The van der Waals surface area contributed by atoms with Gasteiger partial charge in [-0.3, -0.25) is 4.99 Å². The van der Waals surface area contributed by atoms with Gasteiger partial charge in [0, 0.05) is 25.9 Å². The summed E-state index contributed by atoms with van der Waals surface area (Å²) in [5.41, 5.74) is 1.05. The number of aliphatic imine (C=N–C) groups is 1. The lowest BCUT2D eigenvalue weighted by Crippen LogP contribution is -2.45. The number of rotatable bonds is 7. The van der Waals surface area contributed by atoms with Gasteiger partial charge in [-0.05, 0) is 24.1 Å². The SMILES string of the molecule is CCCOc1ccc(CNC(=NC)NCC2COc3ccccc3O2)cn1. The fourth-order valence-corrected chi connectivity index (χ4v) is 2.59. The van der Waals surface area contributed by atoms with E-state index in [-0.39, 0.29) is 6.10 Å². The highest BCUT2D eigenvalue weighted by Gasteiger charge is 2.20. The largest absolute Gasteiger partial charge is 0.486 e. The molecule has 7 nitrogen and oxygen atoms in total. The van der Waals surface area contributed by atoms with Crippen molar-refractivity contribution in [2.75, 3.05) is 26.8 Å². The molecule has 7 heteroatoms. The molecule has 0 aliphatic carbocycles. The van der Waals surface area contributed by atoms with Crippen molar-refractivity contribution in [1.82, 2.24) is 15.6 Å². The minimum Gasteiger partial charge on any atom is -0.486 e. The van der Waals surface area contributed by atoms with Crippen molar-refractivity contribution in [3.63, 3.8) is 0 Å². The van der Waals surface area contributed by atoms with Gasteiger partial charge in [-0.15, -0.1) is 0 Å². The molecule has 3 rings (SSSR count). The van der Waals surface area contributed by atoms with E-state index in [2.05, 4.69) is 27.5 Å². The fraction of sp³-hybridized carbons (Fsp3) is 0.400. The Bertz CT molecular complexity index is 749. The van der Waals surface area contributed by atoms with Crippen LogP contribution in [0.2, 0.25) is 0 Å². The van der Waals surface area contributed by atoms with Crippen LogP contribution < -0.4 is 24.8 Å². The van der Waals surface area contributed by atoms with Crippen molar-refractivity contribution in [3.8, 4) is 17.4 Å². The Balaban J connectivity index is 1.43. The number of benzene rings is 1. The molecular weight excluding hydrogens is 344 g/mol. The number of para-hydroxylation sites is 2. The van der Waals surface area contributed by atoms with Crippen molar-refractivity contribution >= 4 is 5.96 Å². The van der Waals surface area contributed by atoms with Gasteiger partial charge in [0.2, 0.25) is 5.88 Å². The van der Waals surface area contributed by atoms with Crippen LogP contribution in [0.1, 0.15) is 18.9 Å². The Morgan fingerprint density at radius 2 is 2.07 bits per heavy atom. The molecule has 1 aromatic heterocycles. The number of pyridine rings is 1. The molecule has 1 aliphatic heterocycles.